The molecule has 0 bridgehead atoms. The Labute approximate surface area is 204 Å². The molecule has 2 N–H and O–H groups in total. The van der Waals surface area contributed by atoms with Gasteiger partial charge < -0.3 is 20.1 Å². The van der Waals surface area contributed by atoms with Crippen LogP contribution in [0.3, 0.4) is 0 Å². The maximum absolute atomic E-state index is 15.2. The maximum atomic E-state index is 15.2. The first-order valence-corrected chi connectivity index (χ1v) is 12.0. The van der Waals surface area contributed by atoms with E-state index >= 15 is 8.78 Å². The monoisotopic (exact) mass is 512 g/mol. The molecule has 1 amide bonds. The lowest BCUT2D eigenvalue weighted by Gasteiger charge is -2.30. The van der Waals surface area contributed by atoms with Gasteiger partial charge in [0.1, 0.15) is 6.10 Å². The number of aliphatic hydroxyl groups is 1. The molecule has 0 saturated carbocycles. The number of fused-ring (bicyclic) bond motifs is 1. The number of ether oxygens (including phenoxy) is 1. The van der Waals surface area contributed by atoms with Gasteiger partial charge in [0.25, 0.3) is 5.91 Å². The highest BCUT2D eigenvalue weighted by Crippen LogP contribution is 2.38. The molecule has 0 radical (unpaired) electrons. The van der Waals surface area contributed by atoms with E-state index in [0.29, 0.717) is 15.1 Å². The van der Waals surface area contributed by atoms with E-state index in [0.717, 1.165) is 43.3 Å². The molecule has 182 valence electrons. The van der Waals surface area contributed by atoms with Crippen molar-refractivity contribution in [1.82, 2.24) is 10.2 Å². The van der Waals surface area contributed by atoms with Gasteiger partial charge >= 0.3 is 5.92 Å². The van der Waals surface area contributed by atoms with Gasteiger partial charge in [0.2, 0.25) is 0 Å². The molecule has 34 heavy (non-hydrogen) atoms. The van der Waals surface area contributed by atoms with Crippen LogP contribution in [-0.4, -0.2) is 48.7 Å². The van der Waals surface area contributed by atoms with Gasteiger partial charge in [0.15, 0.2) is 11.6 Å². The molecular formula is C24H24ClF3N2O3S. The number of amides is 1. The fraction of sp³-hybridized carbons (Fsp3) is 0.375. The fourth-order valence-electron chi connectivity index (χ4n) is 4.11. The molecule has 1 fully saturated rings. The molecule has 2 heterocycles. The number of methoxy groups -OCH3 is 1. The van der Waals surface area contributed by atoms with Crippen LogP contribution in [0.15, 0.2) is 42.5 Å². The van der Waals surface area contributed by atoms with Crippen LogP contribution in [0.2, 0.25) is 5.02 Å². The summed E-state index contributed by atoms with van der Waals surface area (Å²) in [6, 6.07) is 8.83. The Morgan fingerprint density at radius 1 is 1.24 bits per heavy atom. The highest BCUT2D eigenvalue weighted by molar-refractivity contribution is 7.19. The lowest BCUT2D eigenvalue weighted by Crippen LogP contribution is -2.50. The van der Waals surface area contributed by atoms with E-state index in [-0.39, 0.29) is 17.9 Å². The van der Waals surface area contributed by atoms with Crippen molar-refractivity contribution in [3.05, 3.63) is 63.7 Å². The Kier molecular flexibility index (Phi) is 7.37. The van der Waals surface area contributed by atoms with Crippen LogP contribution in [-0.2, 0) is 10.7 Å². The predicted molar refractivity (Wildman–Crippen MR) is 126 cm³/mol. The van der Waals surface area contributed by atoms with Gasteiger partial charge in [0, 0.05) is 16.3 Å². The topological polar surface area (TPSA) is 61.8 Å². The average molecular weight is 513 g/mol. The van der Waals surface area contributed by atoms with Gasteiger partial charge in [-0.05, 0) is 73.3 Å². The molecule has 5 nitrogen and oxygen atoms in total. The number of nitrogens with one attached hydrogen (secondary N) is 1. The minimum Gasteiger partial charge on any atom is -0.494 e. The molecule has 2 unspecified atom stereocenters. The van der Waals surface area contributed by atoms with Crippen molar-refractivity contribution in [2.24, 2.45) is 0 Å². The van der Waals surface area contributed by atoms with Gasteiger partial charge in [0.05, 0.1) is 18.0 Å². The smallest absolute Gasteiger partial charge is 0.358 e. The summed E-state index contributed by atoms with van der Waals surface area (Å²) in [4.78, 5) is 14.3. The van der Waals surface area contributed by atoms with Crippen molar-refractivity contribution in [2.45, 2.75) is 30.9 Å². The first kappa shape index (κ1) is 24.8. The highest BCUT2D eigenvalue weighted by Gasteiger charge is 2.44. The van der Waals surface area contributed by atoms with Crippen LogP contribution in [0.1, 0.15) is 29.4 Å². The summed E-state index contributed by atoms with van der Waals surface area (Å²) in [5, 5.41) is 14.2. The van der Waals surface area contributed by atoms with E-state index in [2.05, 4.69) is 5.32 Å². The molecule has 2 aromatic carbocycles. The molecule has 4 rings (SSSR count). The number of carbonyl (C=O) groups is 1. The number of aliphatic hydroxyl groups excluding tert-OH is 1. The number of halogens is 4. The molecule has 10 heteroatoms. The Bertz CT molecular complexity index is 1180. The molecule has 0 spiro atoms. The molecule has 3 aromatic rings. The number of hydrogen-bond donors (Lipinski definition) is 2. The van der Waals surface area contributed by atoms with E-state index in [1.807, 2.05) is 4.90 Å². The van der Waals surface area contributed by atoms with Crippen LogP contribution in [0, 0.1) is 5.82 Å². The quantitative estimate of drug-likeness (QED) is 0.440. The molecule has 1 saturated heterocycles. The van der Waals surface area contributed by atoms with Crippen LogP contribution >= 0.6 is 22.9 Å². The van der Waals surface area contributed by atoms with Crippen LogP contribution in [0.4, 0.5) is 13.2 Å². The predicted octanol–water partition coefficient (Wildman–Crippen LogP) is 5.11. The van der Waals surface area contributed by atoms with Crippen molar-refractivity contribution in [3.63, 3.8) is 0 Å². The summed E-state index contributed by atoms with van der Waals surface area (Å²) in [6.07, 6.45) is 0.477. The van der Waals surface area contributed by atoms with E-state index in [4.69, 9.17) is 16.3 Å². The number of nitrogens with zero attached hydrogens (tertiary/aromatic N) is 1. The standard InChI is InChI=1S/C24H24ClF3N2O3S/c1-33-19-6-4-14(11-17(19)26)22(31)18(13-30-8-2-3-9-30)29-23(32)24(27,28)21-12-15-10-16(25)5-7-20(15)34-21/h4-7,10-12,18,22,31H,2-3,8-9,13H2,1H3,(H,29,32). The summed E-state index contributed by atoms with van der Waals surface area (Å²) in [5.41, 5.74) is 0.155. The number of rotatable bonds is 8. The van der Waals surface area contributed by atoms with Crippen LogP contribution in [0.5, 0.6) is 5.75 Å². The Morgan fingerprint density at radius 2 is 1.97 bits per heavy atom. The normalized spacial score (nSPS) is 16.5. The van der Waals surface area contributed by atoms with E-state index < -0.39 is 34.7 Å². The van der Waals surface area contributed by atoms with Gasteiger partial charge in [-0.15, -0.1) is 11.3 Å². The van der Waals surface area contributed by atoms with E-state index in [9.17, 15) is 14.3 Å². The molecule has 1 aliphatic rings. The molecule has 1 aromatic heterocycles. The van der Waals surface area contributed by atoms with Crippen molar-refractivity contribution >= 4 is 38.9 Å². The highest BCUT2D eigenvalue weighted by atomic mass is 35.5. The first-order chi connectivity index (χ1) is 16.2. The number of carbonyl (C=O) groups excluding carboxylic acids is 1. The Balaban J connectivity index is 1.59. The minimum atomic E-state index is -3.83. The summed E-state index contributed by atoms with van der Waals surface area (Å²) >= 11 is 6.75. The third-order valence-corrected chi connectivity index (χ3v) is 7.36. The van der Waals surface area contributed by atoms with Crippen LogP contribution < -0.4 is 10.1 Å². The van der Waals surface area contributed by atoms with Crippen molar-refractivity contribution in [2.75, 3.05) is 26.7 Å². The summed E-state index contributed by atoms with van der Waals surface area (Å²) in [7, 11) is 1.31. The Morgan fingerprint density at radius 3 is 2.65 bits per heavy atom. The zero-order valence-electron chi connectivity index (χ0n) is 18.4. The number of thiophene rings is 1. The minimum absolute atomic E-state index is 0.00697. The number of alkyl halides is 2. The van der Waals surface area contributed by atoms with Gasteiger partial charge in [-0.2, -0.15) is 8.78 Å². The van der Waals surface area contributed by atoms with Gasteiger partial charge in [-0.3, -0.25) is 4.79 Å². The number of likely N-dealkylation sites (tertiary alicyclic amines) is 1. The zero-order valence-corrected chi connectivity index (χ0v) is 19.9. The van der Waals surface area contributed by atoms with Crippen LogP contribution in [0.25, 0.3) is 10.1 Å². The SMILES string of the molecule is COc1ccc(C(O)C(CN2CCCC2)NC(=O)C(F)(F)c2cc3cc(Cl)ccc3s2)cc1F. The largest absolute Gasteiger partial charge is 0.494 e. The molecule has 0 aliphatic carbocycles. The zero-order chi connectivity index (χ0) is 24.5. The summed E-state index contributed by atoms with van der Waals surface area (Å²) < 4.78 is 50.1. The third kappa shape index (κ3) is 5.17. The van der Waals surface area contributed by atoms with Crippen molar-refractivity contribution in [1.29, 1.82) is 0 Å². The second-order valence-corrected chi connectivity index (χ2v) is 9.81. The lowest BCUT2D eigenvalue weighted by molar-refractivity contribution is -0.148. The Hall–Kier alpha value is -2.33. The number of benzene rings is 2. The second-order valence-electron chi connectivity index (χ2n) is 8.29. The van der Waals surface area contributed by atoms with Gasteiger partial charge in [-0.1, -0.05) is 17.7 Å². The molecule has 2 atom stereocenters. The van der Waals surface area contributed by atoms with E-state index in [1.54, 1.807) is 18.2 Å². The molecular weight excluding hydrogens is 489 g/mol. The molecule has 1 aliphatic heterocycles. The fourth-order valence-corrected chi connectivity index (χ4v) is 5.30. The second kappa shape index (κ2) is 10.1. The maximum Gasteiger partial charge on any atom is 0.358 e. The van der Waals surface area contributed by atoms with E-state index in [1.165, 1.54) is 25.3 Å². The average Bonchev–Trinajstić information content (AvgIpc) is 3.47. The van der Waals surface area contributed by atoms with Crippen molar-refractivity contribution < 1.29 is 27.8 Å². The lowest BCUT2D eigenvalue weighted by atomic mass is 10.0. The summed E-state index contributed by atoms with van der Waals surface area (Å²) in [5.74, 6) is -6.06. The van der Waals surface area contributed by atoms with Gasteiger partial charge in [-0.25, -0.2) is 4.39 Å². The third-order valence-electron chi connectivity index (χ3n) is 5.94. The van der Waals surface area contributed by atoms with Crippen molar-refractivity contribution in [3.8, 4) is 5.75 Å². The number of hydrogen-bond acceptors (Lipinski definition) is 5. The first-order valence-electron chi connectivity index (χ1n) is 10.8. The summed E-state index contributed by atoms with van der Waals surface area (Å²) in [6.45, 7) is 1.60.